The molecule has 0 saturated heterocycles. The number of Topliss-reactive ketones (excluding diaryl/α,β-unsaturated/α-hetero) is 1. The number of carbonyl (C=O) groups is 2. The summed E-state index contributed by atoms with van der Waals surface area (Å²) >= 11 is 0. The van der Waals surface area contributed by atoms with Gasteiger partial charge in [0.15, 0.2) is 5.78 Å². The monoisotopic (exact) mass is 325 g/mol. The normalized spacial score (nSPS) is 12.7. The van der Waals surface area contributed by atoms with Crippen molar-refractivity contribution >= 4 is 21.5 Å². The molecule has 1 atom stereocenters. The van der Waals surface area contributed by atoms with E-state index in [1.807, 2.05) is 19.1 Å². The van der Waals surface area contributed by atoms with Gasteiger partial charge in [-0.25, -0.2) is 8.42 Å². The smallest absolute Gasteiger partial charge is 0.220 e. The first-order valence-electron chi connectivity index (χ1n) is 7.30. The summed E-state index contributed by atoms with van der Waals surface area (Å²) in [7, 11) is -3.13. The molecular formula is C16H23NO4S. The third kappa shape index (κ3) is 6.85. The van der Waals surface area contributed by atoms with E-state index >= 15 is 0 Å². The van der Waals surface area contributed by atoms with Crippen molar-refractivity contribution in [3.8, 4) is 0 Å². The molecule has 0 aliphatic heterocycles. The summed E-state index contributed by atoms with van der Waals surface area (Å²) in [6.45, 7) is 3.67. The number of amides is 1. The van der Waals surface area contributed by atoms with Gasteiger partial charge < -0.3 is 5.32 Å². The number of carbonyl (C=O) groups excluding carboxylic acids is 2. The Kier molecular flexibility index (Phi) is 6.74. The van der Waals surface area contributed by atoms with E-state index in [0.717, 1.165) is 18.2 Å². The van der Waals surface area contributed by atoms with E-state index in [0.29, 0.717) is 5.56 Å². The SMILES string of the molecule is CCc1ccc(C(=O)CCC(=O)N[C@@H](C)CS(C)(=O)=O)cc1. The van der Waals surface area contributed by atoms with Gasteiger partial charge in [-0.2, -0.15) is 0 Å². The second kappa shape index (κ2) is 8.08. The largest absolute Gasteiger partial charge is 0.353 e. The van der Waals surface area contributed by atoms with Crippen molar-refractivity contribution in [2.75, 3.05) is 12.0 Å². The Morgan fingerprint density at radius 2 is 1.73 bits per heavy atom. The molecule has 0 aliphatic carbocycles. The molecule has 0 aromatic heterocycles. The van der Waals surface area contributed by atoms with Gasteiger partial charge in [-0.15, -0.1) is 0 Å². The van der Waals surface area contributed by atoms with Gasteiger partial charge in [0.1, 0.15) is 9.84 Å². The van der Waals surface area contributed by atoms with Crippen LogP contribution in [0.5, 0.6) is 0 Å². The van der Waals surface area contributed by atoms with Crippen molar-refractivity contribution < 1.29 is 18.0 Å². The number of hydrogen-bond acceptors (Lipinski definition) is 4. The minimum absolute atomic E-state index is 0.0580. The maximum Gasteiger partial charge on any atom is 0.220 e. The van der Waals surface area contributed by atoms with Crippen LogP contribution in [0.1, 0.15) is 42.6 Å². The summed E-state index contributed by atoms with van der Waals surface area (Å²) in [6, 6.07) is 6.89. The molecule has 0 fully saturated rings. The quantitative estimate of drug-likeness (QED) is 0.739. The number of sulfone groups is 1. The Labute approximate surface area is 132 Å². The molecule has 1 aromatic rings. The van der Waals surface area contributed by atoms with Crippen LogP contribution >= 0.6 is 0 Å². The average Bonchev–Trinajstić information content (AvgIpc) is 2.42. The minimum atomic E-state index is -3.13. The molecule has 5 nitrogen and oxygen atoms in total. The molecule has 0 aliphatic rings. The lowest BCUT2D eigenvalue weighted by molar-refractivity contribution is -0.121. The fourth-order valence-electron chi connectivity index (χ4n) is 2.14. The van der Waals surface area contributed by atoms with Crippen LogP contribution in [0.3, 0.4) is 0 Å². The van der Waals surface area contributed by atoms with Gasteiger partial charge >= 0.3 is 0 Å². The lowest BCUT2D eigenvalue weighted by Crippen LogP contribution is -2.37. The minimum Gasteiger partial charge on any atom is -0.353 e. The van der Waals surface area contributed by atoms with Crippen molar-refractivity contribution in [3.63, 3.8) is 0 Å². The number of aryl methyl sites for hydroxylation is 1. The highest BCUT2D eigenvalue weighted by Crippen LogP contribution is 2.09. The van der Waals surface area contributed by atoms with E-state index in [1.165, 1.54) is 0 Å². The Balaban J connectivity index is 2.44. The summed E-state index contributed by atoms with van der Waals surface area (Å²) in [4.78, 5) is 23.7. The Hall–Kier alpha value is -1.69. The summed E-state index contributed by atoms with van der Waals surface area (Å²) in [6.07, 6.45) is 2.21. The number of rotatable bonds is 8. The third-order valence-corrected chi connectivity index (χ3v) is 4.33. The number of hydrogen-bond donors (Lipinski definition) is 1. The standard InChI is InChI=1S/C16H23NO4S/c1-4-13-5-7-14(8-6-13)15(18)9-10-16(19)17-12(2)11-22(3,20)21/h5-8,12H,4,9-11H2,1-3H3,(H,17,19)/t12-/m0/s1. The van der Waals surface area contributed by atoms with Gasteiger partial charge in [-0.3, -0.25) is 9.59 Å². The first-order chi connectivity index (χ1) is 10.2. The molecule has 0 saturated carbocycles. The molecule has 122 valence electrons. The van der Waals surface area contributed by atoms with Gasteiger partial charge in [0, 0.05) is 30.7 Å². The third-order valence-electron chi connectivity index (χ3n) is 3.22. The highest BCUT2D eigenvalue weighted by Gasteiger charge is 2.14. The molecule has 6 heteroatoms. The molecule has 0 heterocycles. The van der Waals surface area contributed by atoms with Crippen LogP contribution in [0.25, 0.3) is 0 Å². The fraction of sp³-hybridized carbons (Fsp3) is 0.500. The van der Waals surface area contributed by atoms with Crippen LogP contribution < -0.4 is 5.32 Å². The van der Waals surface area contributed by atoms with Crippen LogP contribution in [0.2, 0.25) is 0 Å². The Morgan fingerprint density at radius 1 is 1.14 bits per heavy atom. The molecule has 1 rings (SSSR count). The molecule has 1 N–H and O–H groups in total. The van der Waals surface area contributed by atoms with Crippen LogP contribution in [-0.4, -0.2) is 38.2 Å². The second-order valence-electron chi connectivity index (χ2n) is 5.53. The van der Waals surface area contributed by atoms with Crippen LogP contribution in [0.15, 0.2) is 24.3 Å². The van der Waals surface area contributed by atoms with E-state index in [4.69, 9.17) is 0 Å². The lowest BCUT2D eigenvalue weighted by atomic mass is 10.0. The van der Waals surface area contributed by atoms with Crippen molar-refractivity contribution in [2.45, 2.75) is 39.2 Å². The summed E-state index contributed by atoms with van der Waals surface area (Å²) in [5.74, 6) is -0.506. The molecule has 1 amide bonds. The average molecular weight is 325 g/mol. The van der Waals surface area contributed by atoms with Crippen LogP contribution in [0, 0.1) is 0 Å². The van der Waals surface area contributed by atoms with E-state index in [1.54, 1.807) is 19.1 Å². The maximum absolute atomic E-state index is 12.0. The molecular weight excluding hydrogens is 302 g/mol. The lowest BCUT2D eigenvalue weighted by Gasteiger charge is -2.12. The molecule has 22 heavy (non-hydrogen) atoms. The zero-order chi connectivity index (χ0) is 16.8. The van der Waals surface area contributed by atoms with Crippen LogP contribution in [-0.2, 0) is 21.1 Å². The highest BCUT2D eigenvalue weighted by atomic mass is 32.2. The highest BCUT2D eigenvalue weighted by molar-refractivity contribution is 7.90. The molecule has 1 aromatic carbocycles. The number of benzene rings is 1. The first kappa shape index (κ1) is 18.4. The van der Waals surface area contributed by atoms with Crippen molar-refractivity contribution in [3.05, 3.63) is 35.4 Å². The zero-order valence-corrected chi connectivity index (χ0v) is 14.1. The number of nitrogens with one attached hydrogen (secondary N) is 1. The van der Waals surface area contributed by atoms with E-state index in [-0.39, 0.29) is 30.3 Å². The predicted octanol–water partition coefficient (Wildman–Crippen LogP) is 1.76. The zero-order valence-electron chi connectivity index (χ0n) is 13.3. The second-order valence-corrected chi connectivity index (χ2v) is 7.72. The van der Waals surface area contributed by atoms with Crippen LogP contribution in [0.4, 0.5) is 0 Å². The van der Waals surface area contributed by atoms with E-state index in [2.05, 4.69) is 5.32 Å². The van der Waals surface area contributed by atoms with Crippen molar-refractivity contribution in [1.82, 2.24) is 5.32 Å². The molecule has 0 unspecified atom stereocenters. The molecule has 0 bridgehead atoms. The van der Waals surface area contributed by atoms with Gasteiger partial charge in [0.05, 0.1) is 5.75 Å². The maximum atomic E-state index is 12.0. The first-order valence-corrected chi connectivity index (χ1v) is 9.36. The van der Waals surface area contributed by atoms with E-state index in [9.17, 15) is 18.0 Å². The van der Waals surface area contributed by atoms with Gasteiger partial charge in [-0.05, 0) is 18.9 Å². The summed E-state index contributed by atoms with van der Waals surface area (Å²) in [5, 5.41) is 2.59. The Morgan fingerprint density at radius 3 is 2.23 bits per heavy atom. The van der Waals surface area contributed by atoms with Gasteiger partial charge in [0.2, 0.25) is 5.91 Å². The number of ketones is 1. The predicted molar refractivity (Wildman–Crippen MR) is 86.7 cm³/mol. The Bertz CT molecular complexity index is 620. The van der Waals surface area contributed by atoms with Gasteiger partial charge in [0.25, 0.3) is 0 Å². The molecule has 0 radical (unpaired) electrons. The summed E-state index contributed by atoms with van der Waals surface area (Å²) < 4.78 is 22.2. The van der Waals surface area contributed by atoms with Crippen molar-refractivity contribution in [1.29, 1.82) is 0 Å². The topological polar surface area (TPSA) is 80.3 Å². The van der Waals surface area contributed by atoms with E-state index < -0.39 is 15.9 Å². The van der Waals surface area contributed by atoms with Crippen molar-refractivity contribution in [2.24, 2.45) is 0 Å². The molecule has 0 spiro atoms. The fourth-order valence-corrected chi connectivity index (χ4v) is 3.13. The summed E-state index contributed by atoms with van der Waals surface area (Å²) in [5.41, 5.74) is 1.75. The van der Waals surface area contributed by atoms with Gasteiger partial charge in [-0.1, -0.05) is 31.2 Å².